The van der Waals surface area contributed by atoms with Crippen LogP contribution in [0.3, 0.4) is 0 Å². The standard InChI is InChI=1S/C15H20F2N6/c1-9-13-11(17)7-10(16)8-12(13)21-15(20-9)22-14(18)19-5-4-6-23(2)3/h7-8H,4-6H2,1-3H3,(H3,18,19,20,21,22). The van der Waals surface area contributed by atoms with Gasteiger partial charge in [0.25, 0.3) is 0 Å². The Morgan fingerprint density at radius 2 is 2.04 bits per heavy atom. The maximum Gasteiger partial charge on any atom is 0.230 e. The predicted molar refractivity (Wildman–Crippen MR) is 87.5 cm³/mol. The van der Waals surface area contributed by atoms with E-state index in [-0.39, 0.29) is 22.8 Å². The number of anilines is 1. The summed E-state index contributed by atoms with van der Waals surface area (Å²) in [4.78, 5) is 14.4. The van der Waals surface area contributed by atoms with Crippen LogP contribution in [0.4, 0.5) is 14.7 Å². The van der Waals surface area contributed by atoms with Gasteiger partial charge in [-0.1, -0.05) is 0 Å². The first-order chi connectivity index (χ1) is 10.9. The summed E-state index contributed by atoms with van der Waals surface area (Å²) < 4.78 is 27.1. The molecule has 0 unspecified atom stereocenters. The molecule has 2 rings (SSSR count). The topological polar surface area (TPSA) is 79.4 Å². The Labute approximate surface area is 133 Å². The second kappa shape index (κ2) is 7.28. The van der Waals surface area contributed by atoms with Crippen LogP contribution in [0, 0.1) is 18.6 Å². The molecule has 0 aliphatic rings. The van der Waals surface area contributed by atoms with Gasteiger partial charge in [0.05, 0.1) is 16.6 Å². The highest BCUT2D eigenvalue weighted by Gasteiger charge is 2.11. The van der Waals surface area contributed by atoms with Gasteiger partial charge in [-0.3, -0.25) is 10.3 Å². The lowest BCUT2D eigenvalue weighted by Crippen LogP contribution is -2.25. The van der Waals surface area contributed by atoms with Gasteiger partial charge in [0.1, 0.15) is 11.6 Å². The summed E-state index contributed by atoms with van der Waals surface area (Å²) in [6, 6.07) is 1.97. The Morgan fingerprint density at radius 1 is 1.30 bits per heavy atom. The van der Waals surface area contributed by atoms with Crippen LogP contribution < -0.4 is 11.1 Å². The first-order valence-electron chi connectivity index (χ1n) is 7.22. The zero-order chi connectivity index (χ0) is 17.0. The maximum atomic E-state index is 13.8. The van der Waals surface area contributed by atoms with Crippen LogP contribution in [-0.2, 0) is 0 Å². The van der Waals surface area contributed by atoms with Crippen LogP contribution >= 0.6 is 0 Å². The average molecular weight is 322 g/mol. The highest BCUT2D eigenvalue weighted by Crippen LogP contribution is 2.21. The molecule has 124 valence electrons. The van der Waals surface area contributed by atoms with E-state index in [0.717, 1.165) is 25.1 Å². The van der Waals surface area contributed by atoms with Crippen LogP contribution in [0.5, 0.6) is 0 Å². The van der Waals surface area contributed by atoms with Crippen LogP contribution in [0.15, 0.2) is 17.1 Å². The highest BCUT2D eigenvalue weighted by atomic mass is 19.1. The van der Waals surface area contributed by atoms with E-state index in [1.807, 2.05) is 14.1 Å². The minimum Gasteiger partial charge on any atom is -0.370 e. The second-order valence-electron chi connectivity index (χ2n) is 5.46. The lowest BCUT2D eigenvalue weighted by Gasteiger charge is -2.09. The number of guanidine groups is 1. The SMILES string of the molecule is Cc1nc(NC(N)=NCCCN(C)C)nc2cc(F)cc(F)c12. The van der Waals surface area contributed by atoms with Gasteiger partial charge in [0.2, 0.25) is 5.95 Å². The third-order valence-corrected chi connectivity index (χ3v) is 3.18. The molecular formula is C15H20F2N6. The van der Waals surface area contributed by atoms with Crippen molar-refractivity contribution < 1.29 is 8.78 Å². The van der Waals surface area contributed by atoms with E-state index in [0.29, 0.717) is 12.2 Å². The molecule has 0 spiro atoms. The lowest BCUT2D eigenvalue weighted by atomic mass is 10.2. The highest BCUT2D eigenvalue weighted by molar-refractivity contribution is 5.92. The van der Waals surface area contributed by atoms with E-state index in [4.69, 9.17) is 5.73 Å². The predicted octanol–water partition coefficient (Wildman–Crippen LogP) is 1.89. The van der Waals surface area contributed by atoms with Crippen LogP contribution in [0.1, 0.15) is 12.1 Å². The Kier molecular flexibility index (Phi) is 5.38. The number of hydrogen-bond donors (Lipinski definition) is 2. The van der Waals surface area contributed by atoms with Crippen molar-refractivity contribution in [1.29, 1.82) is 0 Å². The Morgan fingerprint density at radius 3 is 2.74 bits per heavy atom. The number of nitrogens with zero attached hydrogens (tertiary/aromatic N) is 4. The number of fused-ring (bicyclic) bond motifs is 1. The van der Waals surface area contributed by atoms with Crippen molar-refractivity contribution in [1.82, 2.24) is 14.9 Å². The molecule has 0 bridgehead atoms. The number of aromatic nitrogens is 2. The van der Waals surface area contributed by atoms with Gasteiger partial charge in [-0.05, 0) is 34.0 Å². The molecule has 0 radical (unpaired) electrons. The third-order valence-electron chi connectivity index (χ3n) is 3.18. The van der Waals surface area contributed by atoms with Crippen LogP contribution in [-0.4, -0.2) is 48.0 Å². The quantitative estimate of drug-likeness (QED) is 0.499. The van der Waals surface area contributed by atoms with Crippen LogP contribution in [0.2, 0.25) is 0 Å². The number of aliphatic imine (C=N–C) groups is 1. The lowest BCUT2D eigenvalue weighted by molar-refractivity contribution is 0.403. The third kappa shape index (κ3) is 4.56. The molecule has 6 nitrogen and oxygen atoms in total. The molecule has 23 heavy (non-hydrogen) atoms. The zero-order valence-corrected chi connectivity index (χ0v) is 13.4. The molecule has 3 N–H and O–H groups in total. The van der Waals surface area contributed by atoms with E-state index < -0.39 is 11.6 Å². The van der Waals surface area contributed by atoms with Crippen molar-refractivity contribution >= 4 is 22.8 Å². The fourth-order valence-corrected chi connectivity index (χ4v) is 2.16. The van der Waals surface area contributed by atoms with Gasteiger partial charge >= 0.3 is 0 Å². The molecule has 2 aromatic rings. The van der Waals surface area contributed by atoms with Gasteiger partial charge in [0, 0.05) is 18.7 Å². The summed E-state index contributed by atoms with van der Waals surface area (Å²) in [7, 11) is 3.96. The molecule has 1 aromatic heterocycles. The van der Waals surface area contributed by atoms with Crippen LogP contribution in [0.25, 0.3) is 10.9 Å². The summed E-state index contributed by atoms with van der Waals surface area (Å²) in [6.45, 7) is 3.09. The average Bonchev–Trinajstić information content (AvgIpc) is 2.42. The Balaban J connectivity index is 2.16. The molecule has 0 saturated heterocycles. The van der Waals surface area contributed by atoms with E-state index in [1.54, 1.807) is 6.92 Å². The minimum absolute atomic E-state index is 0.161. The molecule has 0 fully saturated rings. The number of benzene rings is 1. The summed E-state index contributed by atoms with van der Waals surface area (Å²) in [5.74, 6) is -1.05. The summed E-state index contributed by atoms with van der Waals surface area (Å²) in [6.07, 6.45) is 0.864. The number of nitrogens with one attached hydrogen (secondary N) is 1. The van der Waals surface area contributed by atoms with Crippen molar-refractivity contribution in [2.75, 3.05) is 32.5 Å². The number of nitrogens with two attached hydrogens (primary N) is 1. The van der Waals surface area contributed by atoms with E-state index in [2.05, 4.69) is 25.2 Å². The Hall–Kier alpha value is -2.35. The molecule has 0 amide bonds. The normalized spacial score (nSPS) is 12.2. The fourth-order valence-electron chi connectivity index (χ4n) is 2.16. The Bertz CT molecular complexity index is 729. The molecule has 0 atom stereocenters. The van der Waals surface area contributed by atoms with E-state index in [9.17, 15) is 8.78 Å². The fraction of sp³-hybridized carbons (Fsp3) is 0.400. The number of aryl methyl sites for hydroxylation is 1. The van der Waals surface area contributed by atoms with Crippen molar-refractivity contribution in [3.05, 3.63) is 29.5 Å². The molecule has 1 heterocycles. The van der Waals surface area contributed by atoms with Crippen molar-refractivity contribution in [2.24, 2.45) is 10.7 Å². The second-order valence-corrected chi connectivity index (χ2v) is 5.46. The summed E-state index contributed by atoms with van der Waals surface area (Å²) >= 11 is 0. The number of hydrogen-bond acceptors (Lipinski definition) is 4. The molecule has 1 aromatic carbocycles. The number of halogens is 2. The minimum atomic E-state index is -0.690. The molecular weight excluding hydrogens is 302 g/mol. The molecule has 0 aliphatic heterocycles. The largest absolute Gasteiger partial charge is 0.370 e. The monoisotopic (exact) mass is 322 g/mol. The van der Waals surface area contributed by atoms with Crippen molar-refractivity contribution in [3.63, 3.8) is 0 Å². The van der Waals surface area contributed by atoms with E-state index in [1.165, 1.54) is 0 Å². The number of rotatable bonds is 5. The van der Waals surface area contributed by atoms with Gasteiger partial charge in [-0.15, -0.1) is 0 Å². The first-order valence-corrected chi connectivity index (χ1v) is 7.22. The molecule has 8 heteroatoms. The molecule has 0 saturated carbocycles. The molecule has 0 aliphatic carbocycles. The van der Waals surface area contributed by atoms with Gasteiger partial charge < -0.3 is 10.6 Å². The zero-order valence-electron chi connectivity index (χ0n) is 13.4. The van der Waals surface area contributed by atoms with Crippen molar-refractivity contribution in [3.8, 4) is 0 Å². The van der Waals surface area contributed by atoms with Crippen molar-refractivity contribution in [2.45, 2.75) is 13.3 Å². The smallest absolute Gasteiger partial charge is 0.230 e. The summed E-state index contributed by atoms with van der Waals surface area (Å²) in [5.41, 5.74) is 6.35. The maximum absolute atomic E-state index is 13.8. The van der Waals surface area contributed by atoms with Gasteiger partial charge in [-0.25, -0.2) is 18.7 Å². The van der Waals surface area contributed by atoms with Gasteiger partial charge in [0.15, 0.2) is 5.96 Å². The summed E-state index contributed by atoms with van der Waals surface area (Å²) in [5, 5.41) is 2.94. The van der Waals surface area contributed by atoms with Gasteiger partial charge in [-0.2, -0.15) is 0 Å². The first kappa shape index (κ1) is 17.0. The van der Waals surface area contributed by atoms with E-state index >= 15 is 0 Å².